The Morgan fingerprint density at radius 3 is 2.48 bits per heavy atom. The van der Waals surface area contributed by atoms with Crippen LogP contribution in [0.2, 0.25) is 0 Å². The maximum Gasteiger partial charge on any atom is 0.222 e. The Hall–Kier alpha value is -2.07. The second-order valence-corrected chi connectivity index (χ2v) is 4.85. The molecule has 0 aliphatic carbocycles. The summed E-state index contributed by atoms with van der Waals surface area (Å²) in [6, 6.07) is 11.6. The standard InChI is InChI=1S/C17H22N2O2/c1-3-14(18)12-13-6-5-11-19-17(13)21-16-9-7-15(8-10-16)20-4-2/h5-11,14H,3-4,12,18H2,1-2H3. The number of aromatic nitrogens is 1. The van der Waals surface area contributed by atoms with Crippen molar-refractivity contribution < 1.29 is 9.47 Å². The molecule has 4 heteroatoms. The van der Waals surface area contributed by atoms with Crippen molar-refractivity contribution in [3.63, 3.8) is 0 Å². The number of benzene rings is 1. The average Bonchev–Trinajstić information content (AvgIpc) is 2.51. The van der Waals surface area contributed by atoms with Crippen LogP contribution in [0.15, 0.2) is 42.6 Å². The van der Waals surface area contributed by atoms with Gasteiger partial charge in [0.25, 0.3) is 0 Å². The molecule has 0 fully saturated rings. The van der Waals surface area contributed by atoms with Crippen LogP contribution in [0, 0.1) is 0 Å². The molecule has 0 radical (unpaired) electrons. The average molecular weight is 286 g/mol. The van der Waals surface area contributed by atoms with Gasteiger partial charge in [-0.2, -0.15) is 0 Å². The van der Waals surface area contributed by atoms with Gasteiger partial charge in [0.2, 0.25) is 5.88 Å². The molecule has 21 heavy (non-hydrogen) atoms. The molecule has 2 aromatic rings. The van der Waals surface area contributed by atoms with E-state index >= 15 is 0 Å². The third-order valence-electron chi connectivity index (χ3n) is 3.21. The molecule has 1 heterocycles. The van der Waals surface area contributed by atoms with E-state index in [1.807, 2.05) is 43.3 Å². The van der Waals surface area contributed by atoms with Gasteiger partial charge in [0.1, 0.15) is 11.5 Å². The maximum atomic E-state index is 6.02. The van der Waals surface area contributed by atoms with E-state index in [0.29, 0.717) is 12.5 Å². The number of pyridine rings is 1. The first-order chi connectivity index (χ1) is 10.2. The van der Waals surface area contributed by atoms with Crippen LogP contribution >= 0.6 is 0 Å². The SMILES string of the molecule is CCOc1ccc(Oc2ncccc2CC(N)CC)cc1. The summed E-state index contributed by atoms with van der Waals surface area (Å²) in [4.78, 5) is 4.31. The summed E-state index contributed by atoms with van der Waals surface area (Å²) in [5.74, 6) is 2.19. The van der Waals surface area contributed by atoms with Crippen LogP contribution in [-0.2, 0) is 6.42 Å². The molecule has 2 rings (SSSR count). The zero-order valence-corrected chi connectivity index (χ0v) is 12.6. The summed E-state index contributed by atoms with van der Waals surface area (Å²) < 4.78 is 11.3. The summed E-state index contributed by atoms with van der Waals surface area (Å²) in [5, 5.41) is 0. The highest BCUT2D eigenvalue weighted by atomic mass is 16.5. The van der Waals surface area contributed by atoms with E-state index in [2.05, 4.69) is 11.9 Å². The van der Waals surface area contributed by atoms with Crippen LogP contribution in [0.1, 0.15) is 25.8 Å². The first-order valence-corrected chi connectivity index (χ1v) is 7.33. The third kappa shape index (κ3) is 4.46. The van der Waals surface area contributed by atoms with Crippen LogP contribution in [0.3, 0.4) is 0 Å². The molecule has 1 atom stereocenters. The lowest BCUT2D eigenvalue weighted by Gasteiger charge is -2.13. The van der Waals surface area contributed by atoms with E-state index < -0.39 is 0 Å². The molecular weight excluding hydrogens is 264 g/mol. The minimum absolute atomic E-state index is 0.122. The molecule has 0 spiro atoms. The molecule has 1 aromatic carbocycles. The first kappa shape index (κ1) is 15.3. The molecule has 0 bridgehead atoms. The van der Waals surface area contributed by atoms with Gasteiger partial charge in [-0.1, -0.05) is 13.0 Å². The van der Waals surface area contributed by atoms with Crippen LogP contribution < -0.4 is 15.2 Å². The molecule has 0 saturated heterocycles. The molecule has 0 aliphatic heterocycles. The van der Waals surface area contributed by atoms with Crippen LogP contribution in [0.4, 0.5) is 0 Å². The summed E-state index contributed by atoms with van der Waals surface area (Å²) >= 11 is 0. The fourth-order valence-corrected chi connectivity index (χ4v) is 1.98. The van der Waals surface area contributed by atoms with Crippen molar-refractivity contribution in [3.05, 3.63) is 48.2 Å². The normalized spacial score (nSPS) is 12.0. The van der Waals surface area contributed by atoms with Gasteiger partial charge in [-0.05, 0) is 50.1 Å². The molecule has 4 nitrogen and oxygen atoms in total. The van der Waals surface area contributed by atoms with E-state index in [0.717, 1.165) is 29.9 Å². The molecule has 1 unspecified atom stereocenters. The molecule has 0 amide bonds. The minimum atomic E-state index is 0.122. The smallest absolute Gasteiger partial charge is 0.222 e. The van der Waals surface area contributed by atoms with Gasteiger partial charge in [0.15, 0.2) is 0 Å². The number of nitrogens with zero attached hydrogens (tertiary/aromatic N) is 1. The Balaban J connectivity index is 2.11. The largest absolute Gasteiger partial charge is 0.494 e. The molecule has 0 aliphatic rings. The number of rotatable bonds is 7. The second kappa shape index (κ2) is 7.64. The van der Waals surface area contributed by atoms with Gasteiger partial charge in [0.05, 0.1) is 6.61 Å². The zero-order valence-electron chi connectivity index (χ0n) is 12.6. The third-order valence-corrected chi connectivity index (χ3v) is 3.21. The van der Waals surface area contributed by atoms with E-state index in [9.17, 15) is 0 Å². The van der Waals surface area contributed by atoms with Crippen LogP contribution in [-0.4, -0.2) is 17.6 Å². The topological polar surface area (TPSA) is 57.4 Å². The van der Waals surface area contributed by atoms with Crippen molar-refractivity contribution in [1.82, 2.24) is 4.98 Å². The molecule has 2 N–H and O–H groups in total. The summed E-state index contributed by atoms with van der Waals surface area (Å²) in [7, 11) is 0. The van der Waals surface area contributed by atoms with E-state index in [-0.39, 0.29) is 6.04 Å². The fraction of sp³-hybridized carbons (Fsp3) is 0.353. The highest BCUT2D eigenvalue weighted by Crippen LogP contribution is 2.25. The van der Waals surface area contributed by atoms with Crippen molar-refractivity contribution in [2.45, 2.75) is 32.7 Å². The number of nitrogens with two attached hydrogens (primary N) is 1. The van der Waals surface area contributed by atoms with Gasteiger partial charge >= 0.3 is 0 Å². The lowest BCUT2D eigenvalue weighted by Crippen LogP contribution is -2.21. The molecular formula is C17H22N2O2. The summed E-state index contributed by atoms with van der Waals surface area (Å²) in [5.41, 5.74) is 7.05. The second-order valence-electron chi connectivity index (χ2n) is 4.85. The van der Waals surface area contributed by atoms with E-state index in [1.165, 1.54) is 0 Å². The fourth-order valence-electron chi connectivity index (χ4n) is 1.98. The Morgan fingerprint density at radius 1 is 1.10 bits per heavy atom. The number of hydrogen-bond donors (Lipinski definition) is 1. The predicted octanol–water partition coefficient (Wildman–Crippen LogP) is 3.55. The quantitative estimate of drug-likeness (QED) is 0.845. The molecule has 0 saturated carbocycles. The Morgan fingerprint density at radius 2 is 1.81 bits per heavy atom. The van der Waals surface area contributed by atoms with Crippen molar-refractivity contribution >= 4 is 0 Å². The summed E-state index contributed by atoms with van der Waals surface area (Å²) in [6.07, 6.45) is 3.42. The molecule has 1 aromatic heterocycles. The van der Waals surface area contributed by atoms with Gasteiger partial charge < -0.3 is 15.2 Å². The van der Waals surface area contributed by atoms with Crippen LogP contribution in [0.25, 0.3) is 0 Å². The maximum absolute atomic E-state index is 6.02. The zero-order chi connectivity index (χ0) is 15.1. The highest BCUT2D eigenvalue weighted by molar-refractivity contribution is 5.36. The number of hydrogen-bond acceptors (Lipinski definition) is 4. The van der Waals surface area contributed by atoms with Crippen molar-refractivity contribution in [2.75, 3.05) is 6.61 Å². The Bertz CT molecular complexity index is 555. The van der Waals surface area contributed by atoms with Gasteiger partial charge in [-0.15, -0.1) is 0 Å². The Labute approximate surface area is 125 Å². The van der Waals surface area contributed by atoms with Crippen molar-refractivity contribution in [2.24, 2.45) is 5.73 Å². The number of ether oxygens (including phenoxy) is 2. The highest BCUT2D eigenvalue weighted by Gasteiger charge is 2.09. The van der Waals surface area contributed by atoms with Crippen LogP contribution in [0.5, 0.6) is 17.4 Å². The van der Waals surface area contributed by atoms with Gasteiger partial charge in [-0.25, -0.2) is 4.98 Å². The lowest BCUT2D eigenvalue weighted by molar-refractivity contribution is 0.339. The van der Waals surface area contributed by atoms with E-state index in [1.54, 1.807) is 6.20 Å². The lowest BCUT2D eigenvalue weighted by atomic mass is 10.1. The molecule has 112 valence electrons. The monoisotopic (exact) mass is 286 g/mol. The minimum Gasteiger partial charge on any atom is -0.494 e. The van der Waals surface area contributed by atoms with Crippen molar-refractivity contribution in [1.29, 1.82) is 0 Å². The Kier molecular flexibility index (Phi) is 5.58. The predicted molar refractivity (Wildman–Crippen MR) is 83.9 cm³/mol. The first-order valence-electron chi connectivity index (χ1n) is 7.33. The van der Waals surface area contributed by atoms with Crippen molar-refractivity contribution in [3.8, 4) is 17.4 Å². The van der Waals surface area contributed by atoms with Gasteiger partial charge in [-0.3, -0.25) is 0 Å². The summed E-state index contributed by atoms with van der Waals surface area (Å²) in [6.45, 7) is 4.69. The van der Waals surface area contributed by atoms with E-state index in [4.69, 9.17) is 15.2 Å². The van der Waals surface area contributed by atoms with Gasteiger partial charge in [0, 0.05) is 17.8 Å².